The Kier molecular flexibility index (Phi) is 3.21. The quantitative estimate of drug-likeness (QED) is 0.546. The molecule has 0 amide bonds. The summed E-state index contributed by atoms with van der Waals surface area (Å²) >= 11 is 2.36. The molecular weight excluding hydrogens is 229 g/mol. The number of hydrogen-bond acceptors (Lipinski definition) is 2. The molecule has 1 saturated heterocycles. The van der Waals surface area contributed by atoms with Gasteiger partial charge in [0, 0.05) is 17.0 Å². The standard InChI is InChI=1S/C6H12INO/c7-2-1-5-3-6(9)4-8-5/h5-6,8-9H,1-4H2/t5-,6-/m1/s1. The predicted molar refractivity (Wildman–Crippen MR) is 45.9 cm³/mol. The van der Waals surface area contributed by atoms with Gasteiger partial charge in [-0.3, -0.25) is 0 Å². The van der Waals surface area contributed by atoms with Gasteiger partial charge in [-0.1, -0.05) is 22.6 Å². The predicted octanol–water partition coefficient (Wildman–Crippen LogP) is 0.534. The lowest BCUT2D eigenvalue weighted by Gasteiger charge is -2.04. The second-order valence-electron chi connectivity index (χ2n) is 2.47. The summed E-state index contributed by atoms with van der Waals surface area (Å²) in [6.45, 7) is 0.793. The molecule has 1 aliphatic rings. The maximum atomic E-state index is 9.06. The number of β-amino-alcohol motifs (C(OH)–C–C–N with tert-alkyl or cyclic N) is 1. The number of aliphatic hydroxyl groups excluding tert-OH is 1. The van der Waals surface area contributed by atoms with Crippen molar-refractivity contribution in [2.24, 2.45) is 0 Å². The lowest BCUT2D eigenvalue weighted by atomic mass is 10.2. The van der Waals surface area contributed by atoms with Crippen molar-refractivity contribution in [1.29, 1.82) is 0 Å². The van der Waals surface area contributed by atoms with Gasteiger partial charge in [0.15, 0.2) is 0 Å². The van der Waals surface area contributed by atoms with Gasteiger partial charge in [-0.05, 0) is 12.8 Å². The van der Waals surface area contributed by atoms with Gasteiger partial charge < -0.3 is 10.4 Å². The molecule has 9 heavy (non-hydrogen) atoms. The molecule has 2 nitrogen and oxygen atoms in total. The van der Waals surface area contributed by atoms with Crippen molar-refractivity contribution < 1.29 is 5.11 Å². The monoisotopic (exact) mass is 241 g/mol. The van der Waals surface area contributed by atoms with Crippen LogP contribution in [-0.4, -0.2) is 28.2 Å². The van der Waals surface area contributed by atoms with Gasteiger partial charge in [0.05, 0.1) is 6.10 Å². The summed E-state index contributed by atoms with van der Waals surface area (Å²) in [7, 11) is 0. The summed E-state index contributed by atoms with van der Waals surface area (Å²) in [6.07, 6.45) is 2.05. The van der Waals surface area contributed by atoms with E-state index in [1.165, 1.54) is 10.8 Å². The Balaban J connectivity index is 2.14. The van der Waals surface area contributed by atoms with Crippen molar-refractivity contribution in [1.82, 2.24) is 5.32 Å². The number of aliphatic hydroxyl groups is 1. The largest absolute Gasteiger partial charge is 0.392 e. The Morgan fingerprint density at radius 2 is 2.44 bits per heavy atom. The fourth-order valence-electron chi connectivity index (χ4n) is 1.15. The van der Waals surface area contributed by atoms with E-state index in [4.69, 9.17) is 5.11 Å². The van der Waals surface area contributed by atoms with Crippen LogP contribution in [0, 0.1) is 0 Å². The van der Waals surface area contributed by atoms with Crippen molar-refractivity contribution in [3.8, 4) is 0 Å². The van der Waals surface area contributed by atoms with Gasteiger partial charge in [-0.25, -0.2) is 0 Å². The fraction of sp³-hybridized carbons (Fsp3) is 1.00. The number of rotatable bonds is 2. The second-order valence-corrected chi connectivity index (χ2v) is 3.55. The van der Waals surface area contributed by atoms with E-state index in [2.05, 4.69) is 27.9 Å². The summed E-state index contributed by atoms with van der Waals surface area (Å²) in [5.74, 6) is 0. The maximum Gasteiger partial charge on any atom is 0.0679 e. The first-order valence-electron chi connectivity index (χ1n) is 3.30. The Hall–Kier alpha value is 0.650. The molecule has 1 aliphatic heterocycles. The van der Waals surface area contributed by atoms with E-state index in [-0.39, 0.29) is 6.10 Å². The molecule has 1 fully saturated rings. The van der Waals surface area contributed by atoms with Crippen molar-refractivity contribution in [2.75, 3.05) is 11.0 Å². The van der Waals surface area contributed by atoms with Gasteiger partial charge in [0.1, 0.15) is 0 Å². The number of nitrogens with one attached hydrogen (secondary N) is 1. The molecule has 0 unspecified atom stereocenters. The van der Waals surface area contributed by atoms with E-state index in [0.29, 0.717) is 6.04 Å². The molecule has 54 valence electrons. The molecule has 0 aromatic carbocycles. The smallest absolute Gasteiger partial charge is 0.0679 e. The zero-order chi connectivity index (χ0) is 6.69. The number of alkyl halides is 1. The molecule has 0 saturated carbocycles. The minimum Gasteiger partial charge on any atom is -0.392 e. The first kappa shape index (κ1) is 7.75. The first-order chi connectivity index (χ1) is 4.33. The van der Waals surface area contributed by atoms with Crippen molar-refractivity contribution in [3.63, 3.8) is 0 Å². The third-order valence-corrected chi connectivity index (χ3v) is 2.28. The molecule has 0 radical (unpaired) electrons. The van der Waals surface area contributed by atoms with Gasteiger partial charge in [0.2, 0.25) is 0 Å². The fourth-order valence-corrected chi connectivity index (χ4v) is 1.90. The van der Waals surface area contributed by atoms with Crippen LogP contribution in [0.5, 0.6) is 0 Å². The minimum absolute atomic E-state index is 0.0852. The highest BCUT2D eigenvalue weighted by atomic mass is 127. The van der Waals surface area contributed by atoms with Crippen LogP contribution >= 0.6 is 22.6 Å². The zero-order valence-electron chi connectivity index (χ0n) is 5.31. The van der Waals surface area contributed by atoms with Crippen LogP contribution in [0.2, 0.25) is 0 Å². The Morgan fingerprint density at radius 1 is 1.67 bits per heavy atom. The summed E-state index contributed by atoms with van der Waals surface area (Å²) in [5.41, 5.74) is 0. The van der Waals surface area contributed by atoms with E-state index in [1.807, 2.05) is 0 Å². The average molecular weight is 241 g/mol. The van der Waals surface area contributed by atoms with Crippen LogP contribution in [0.3, 0.4) is 0 Å². The third-order valence-electron chi connectivity index (χ3n) is 1.66. The highest BCUT2D eigenvalue weighted by molar-refractivity contribution is 14.1. The third kappa shape index (κ3) is 2.39. The molecule has 0 aromatic heterocycles. The molecular formula is C6H12INO. The lowest BCUT2D eigenvalue weighted by Crippen LogP contribution is -2.21. The first-order valence-corrected chi connectivity index (χ1v) is 4.83. The molecule has 2 atom stereocenters. The normalized spacial score (nSPS) is 35.3. The average Bonchev–Trinajstić information content (AvgIpc) is 2.17. The second kappa shape index (κ2) is 3.73. The molecule has 1 rings (SSSR count). The summed E-state index contributed by atoms with van der Waals surface area (Å²) in [5, 5.41) is 12.3. The molecule has 0 aromatic rings. The molecule has 2 N–H and O–H groups in total. The maximum absolute atomic E-state index is 9.06. The van der Waals surface area contributed by atoms with E-state index in [9.17, 15) is 0 Å². The lowest BCUT2D eigenvalue weighted by molar-refractivity contribution is 0.193. The van der Waals surface area contributed by atoms with Crippen LogP contribution in [0.4, 0.5) is 0 Å². The number of halogens is 1. The van der Waals surface area contributed by atoms with Gasteiger partial charge in [-0.15, -0.1) is 0 Å². The molecule has 0 spiro atoms. The summed E-state index contributed by atoms with van der Waals surface area (Å²) in [6, 6.07) is 0.580. The Bertz CT molecular complexity index is 87.1. The van der Waals surface area contributed by atoms with Crippen LogP contribution in [0.1, 0.15) is 12.8 Å². The van der Waals surface area contributed by atoms with Crippen LogP contribution in [0.25, 0.3) is 0 Å². The van der Waals surface area contributed by atoms with E-state index in [1.54, 1.807) is 0 Å². The highest BCUT2D eigenvalue weighted by Crippen LogP contribution is 2.10. The van der Waals surface area contributed by atoms with E-state index >= 15 is 0 Å². The van der Waals surface area contributed by atoms with Gasteiger partial charge >= 0.3 is 0 Å². The molecule has 3 heteroatoms. The van der Waals surface area contributed by atoms with E-state index in [0.717, 1.165) is 13.0 Å². The Morgan fingerprint density at radius 3 is 2.89 bits per heavy atom. The minimum atomic E-state index is -0.0852. The molecule has 1 heterocycles. The van der Waals surface area contributed by atoms with Crippen LogP contribution in [-0.2, 0) is 0 Å². The van der Waals surface area contributed by atoms with Gasteiger partial charge in [-0.2, -0.15) is 0 Å². The molecule has 0 aliphatic carbocycles. The topological polar surface area (TPSA) is 32.3 Å². The number of hydrogen-bond donors (Lipinski definition) is 2. The Labute approximate surface area is 69.2 Å². The molecule has 0 bridgehead atoms. The summed E-state index contributed by atoms with van der Waals surface area (Å²) < 4.78 is 1.18. The van der Waals surface area contributed by atoms with Crippen molar-refractivity contribution in [3.05, 3.63) is 0 Å². The SMILES string of the molecule is O[C@H]1CN[C@H](CCI)C1. The van der Waals surface area contributed by atoms with Gasteiger partial charge in [0.25, 0.3) is 0 Å². The van der Waals surface area contributed by atoms with Crippen molar-refractivity contribution in [2.45, 2.75) is 25.0 Å². The summed E-state index contributed by atoms with van der Waals surface area (Å²) in [4.78, 5) is 0. The zero-order valence-corrected chi connectivity index (χ0v) is 7.47. The van der Waals surface area contributed by atoms with Crippen LogP contribution < -0.4 is 5.32 Å². The van der Waals surface area contributed by atoms with Crippen molar-refractivity contribution >= 4 is 22.6 Å². The van der Waals surface area contributed by atoms with Crippen LogP contribution in [0.15, 0.2) is 0 Å². The highest BCUT2D eigenvalue weighted by Gasteiger charge is 2.20. The van der Waals surface area contributed by atoms with E-state index < -0.39 is 0 Å².